The third-order valence-electron chi connectivity index (χ3n) is 2.46. The molecule has 76 valence electrons. The molecule has 0 radical (unpaired) electrons. The molecular weight excluding hydrogens is 170 g/mol. The normalized spacial score (nSPS) is 30.0. The summed E-state index contributed by atoms with van der Waals surface area (Å²) in [5, 5.41) is 11.1. The molecule has 1 amide bonds. The third kappa shape index (κ3) is 2.88. The van der Waals surface area contributed by atoms with Gasteiger partial charge < -0.3 is 15.2 Å². The molecule has 0 aromatic rings. The van der Waals surface area contributed by atoms with Crippen molar-refractivity contribution in [3.63, 3.8) is 0 Å². The van der Waals surface area contributed by atoms with Crippen LogP contribution in [-0.2, 0) is 4.74 Å². The van der Waals surface area contributed by atoms with Crippen molar-refractivity contribution in [3.05, 3.63) is 0 Å². The first-order valence-corrected chi connectivity index (χ1v) is 4.78. The number of carboxylic acid groups (broad SMARTS) is 1. The summed E-state index contributed by atoms with van der Waals surface area (Å²) in [7, 11) is 0. The van der Waals surface area contributed by atoms with Gasteiger partial charge in [0.1, 0.15) is 0 Å². The van der Waals surface area contributed by atoms with E-state index in [1.807, 2.05) is 13.8 Å². The number of hydrogen-bond acceptors (Lipinski definition) is 2. The van der Waals surface area contributed by atoms with Gasteiger partial charge in [0, 0.05) is 0 Å². The summed E-state index contributed by atoms with van der Waals surface area (Å²) < 4.78 is 5.59. The van der Waals surface area contributed by atoms with Gasteiger partial charge in [0.25, 0.3) is 0 Å². The maximum atomic E-state index is 10.4. The molecule has 0 bridgehead atoms. The average molecular weight is 187 g/mol. The molecule has 13 heavy (non-hydrogen) atoms. The van der Waals surface area contributed by atoms with Gasteiger partial charge in [-0.2, -0.15) is 0 Å². The average Bonchev–Trinajstić information content (AvgIpc) is 2.47. The zero-order valence-corrected chi connectivity index (χ0v) is 8.12. The van der Waals surface area contributed by atoms with Crippen molar-refractivity contribution in [3.8, 4) is 0 Å². The Balaban J connectivity index is 2.42. The lowest BCUT2D eigenvalue weighted by Crippen LogP contribution is -2.42. The molecule has 0 aliphatic carbocycles. The lowest BCUT2D eigenvalue weighted by molar-refractivity contribution is 0.0314. The predicted molar refractivity (Wildman–Crippen MR) is 48.8 cm³/mol. The summed E-state index contributed by atoms with van der Waals surface area (Å²) in [6, 6.07) is -0.0533. The van der Waals surface area contributed by atoms with Gasteiger partial charge in [0.05, 0.1) is 18.2 Å². The molecule has 1 saturated heterocycles. The molecule has 1 heterocycles. The Kier molecular flexibility index (Phi) is 3.54. The van der Waals surface area contributed by atoms with Crippen LogP contribution in [0.25, 0.3) is 0 Å². The molecule has 4 nitrogen and oxygen atoms in total. The van der Waals surface area contributed by atoms with E-state index in [1.165, 1.54) is 0 Å². The highest BCUT2D eigenvalue weighted by Crippen LogP contribution is 2.22. The lowest BCUT2D eigenvalue weighted by Gasteiger charge is -2.21. The zero-order valence-electron chi connectivity index (χ0n) is 8.12. The monoisotopic (exact) mass is 187 g/mol. The zero-order chi connectivity index (χ0) is 9.84. The molecule has 1 aliphatic rings. The second-order valence-corrected chi connectivity index (χ2v) is 3.53. The molecule has 0 aromatic carbocycles. The standard InChI is InChI=1S/C9H17NO3/c1-3-7(10-9(11)12)8-5-4-6(2)13-8/h6-8,10H,3-5H2,1-2H3,(H,11,12)/t6-,7-,8-/m1/s1. The minimum atomic E-state index is -0.963. The van der Waals surface area contributed by atoms with E-state index in [2.05, 4.69) is 5.32 Å². The van der Waals surface area contributed by atoms with Crippen molar-refractivity contribution in [2.75, 3.05) is 0 Å². The molecule has 1 aliphatic heterocycles. The lowest BCUT2D eigenvalue weighted by atomic mass is 10.1. The second kappa shape index (κ2) is 4.46. The minimum absolute atomic E-state index is 0.0533. The van der Waals surface area contributed by atoms with Crippen LogP contribution >= 0.6 is 0 Å². The van der Waals surface area contributed by atoms with E-state index in [0.717, 1.165) is 19.3 Å². The molecule has 2 N–H and O–H groups in total. The number of carbonyl (C=O) groups is 1. The maximum absolute atomic E-state index is 10.4. The SMILES string of the molecule is CC[C@@H](NC(=O)O)[C@H]1CC[C@@H](C)O1. The molecule has 1 fully saturated rings. The molecule has 0 aromatic heterocycles. The number of nitrogens with one attached hydrogen (secondary N) is 1. The summed E-state index contributed by atoms with van der Waals surface area (Å²) in [4.78, 5) is 10.4. The van der Waals surface area contributed by atoms with E-state index >= 15 is 0 Å². The van der Waals surface area contributed by atoms with Crippen LogP contribution in [0, 0.1) is 0 Å². The number of hydrogen-bond donors (Lipinski definition) is 2. The highest BCUT2D eigenvalue weighted by atomic mass is 16.5. The predicted octanol–water partition coefficient (Wildman–Crippen LogP) is 1.60. The fraction of sp³-hybridized carbons (Fsp3) is 0.889. The van der Waals surface area contributed by atoms with Crippen LogP contribution in [0.5, 0.6) is 0 Å². The topological polar surface area (TPSA) is 58.6 Å². The van der Waals surface area contributed by atoms with Crippen LogP contribution in [0.4, 0.5) is 4.79 Å². The smallest absolute Gasteiger partial charge is 0.404 e. The van der Waals surface area contributed by atoms with Gasteiger partial charge in [0.2, 0.25) is 0 Å². The Labute approximate surface area is 78.3 Å². The Morgan fingerprint density at radius 1 is 1.69 bits per heavy atom. The molecular formula is C9H17NO3. The van der Waals surface area contributed by atoms with E-state index in [1.54, 1.807) is 0 Å². The summed E-state index contributed by atoms with van der Waals surface area (Å²) >= 11 is 0. The molecule has 3 atom stereocenters. The molecule has 0 spiro atoms. The van der Waals surface area contributed by atoms with E-state index in [4.69, 9.17) is 9.84 Å². The fourth-order valence-corrected chi connectivity index (χ4v) is 1.75. The van der Waals surface area contributed by atoms with Crippen molar-refractivity contribution in [1.29, 1.82) is 0 Å². The van der Waals surface area contributed by atoms with E-state index in [0.29, 0.717) is 0 Å². The van der Waals surface area contributed by atoms with Gasteiger partial charge in [-0.1, -0.05) is 6.92 Å². The van der Waals surface area contributed by atoms with Gasteiger partial charge in [-0.3, -0.25) is 0 Å². The Bertz CT molecular complexity index is 184. The Morgan fingerprint density at radius 3 is 2.77 bits per heavy atom. The first-order chi connectivity index (χ1) is 6.13. The van der Waals surface area contributed by atoms with Crippen LogP contribution in [-0.4, -0.2) is 29.4 Å². The van der Waals surface area contributed by atoms with Gasteiger partial charge in [-0.15, -0.1) is 0 Å². The van der Waals surface area contributed by atoms with Gasteiger partial charge in [0.15, 0.2) is 0 Å². The third-order valence-corrected chi connectivity index (χ3v) is 2.46. The quantitative estimate of drug-likeness (QED) is 0.705. The fourth-order valence-electron chi connectivity index (χ4n) is 1.75. The first kappa shape index (κ1) is 10.3. The van der Waals surface area contributed by atoms with Crippen molar-refractivity contribution < 1.29 is 14.6 Å². The highest BCUT2D eigenvalue weighted by Gasteiger charge is 2.29. The van der Waals surface area contributed by atoms with Crippen LogP contribution in [0.15, 0.2) is 0 Å². The van der Waals surface area contributed by atoms with Crippen LogP contribution in [0.2, 0.25) is 0 Å². The largest absolute Gasteiger partial charge is 0.465 e. The van der Waals surface area contributed by atoms with Crippen molar-refractivity contribution in [2.24, 2.45) is 0 Å². The number of rotatable bonds is 3. The van der Waals surface area contributed by atoms with E-state index in [9.17, 15) is 4.79 Å². The maximum Gasteiger partial charge on any atom is 0.404 e. The second-order valence-electron chi connectivity index (χ2n) is 3.53. The minimum Gasteiger partial charge on any atom is -0.465 e. The van der Waals surface area contributed by atoms with Crippen LogP contribution in [0.1, 0.15) is 33.1 Å². The molecule has 1 rings (SSSR count). The van der Waals surface area contributed by atoms with Crippen LogP contribution in [0.3, 0.4) is 0 Å². The van der Waals surface area contributed by atoms with Crippen molar-refractivity contribution in [1.82, 2.24) is 5.32 Å². The van der Waals surface area contributed by atoms with Crippen molar-refractivity contribution in [2.45, 2.75) is 51.4 Å². The molecule has 4 heteroatoms. The summed E-state index contributed by atoms with van der Waals surface area (Å²) in [5.74, 6) is 0. The van der Waals surface area contributed by atoms with Gasteiger partial charge >= 0.3 is 6.09 Å². The summed E-state index contributed by atoms with van der Waals surface area (Å²) in [6.07, 6.45) is 2.15. The Morgan fingerprint density at radius 2 is 2.38 bits per heavy atom. The Hall–Kier alpha value is -0.770. The van der Waals surface area contributed by atoms with E-state index in [-0.39, 0.29) is 18.2 Å². The molecule has 0 saturated carbocycles. The summed E-state index contributed by atoms with van der Waals surface area (Å²) in [5.41, 5.74) is 0. The summed E-state index contributed by atoms with van der Waals surface area (Å²) in [6.45, 7) is 3.99. The first-order valence-electron chi connectivity index (χ1n) is 4.78. The number of amides is 1. The van der Waals surface area contributed by atoms with Gasteiger partial charge in [-0.25, -0.2) is 4.79 Å². The van der Waals surface area contributed by atoms with E-state index < -0.39 is 6.09 Å². The van der Waals surface area contributed by atoms with Gasteiger partial charge in [-0.05, 0) is 26.2 Å². The van der Waals surface area contributed by atoms with Crippen LogP contribution < -0.4 is 5.32 Å². The number of ether oxygens (including phenoxy) is 1. The highest BCUT2D eigenvalue weighted by molar-refractivity contribution is 5.64. The van der Waals surface area contributed by atoms with Crippen molar-refractivity contribution >= 4 is 6.09 Å². The molecule has 0 unspecified atom stereocenters.